The Labute approximate surface area is 114 Å². The molecule has 1 amide bonds. The van der Waals surface area contributed by atoms with E-state index in [0.29, 0.717) is 0 Å². The third-order valence-electron chi connectivity index (χ3n) is 4.06. The molecule has 0 unspecified atom stereocenters. The van der Waals surface area contributed by atoms with E-state index >= 15 is 0 Å². The van der Waals surface area contributed by atoms with E-state index in [9.17, 15) is 4.79 Å². The van der Waals surface area contributed by atoms with Crippen LogP contribution < -0.4 is 10.2 Å². The topological polar surface area (TPSA) is 35.6 Å². The number of piperidine rings is 1. The number of likely N-dealkylation sites (N-methyl/N-ethyl adjacent to an activating group) is 1. The van der Waals surface area contributed by atoms with Gasteiger partial charge in [-0.1, -0.05) is 0 Å². The SMILES string of the molecule is CN1CCNc2cc(C(=O)N3CCCCC3)ccc21. The Morgan fingerprint density at radius 1 is 1.16 bits per heavy atom. The summed E-state index contributed by atoms with van der Waals surface area (Å²) >= 11 is 0. The maximum absolute atomic E-state index is 12.5. The van der Waals surface area contributed by atoms with Crippen LogP contribution in [-0.2, 0) is 0 Å². The molecule has 0 saturated carbocycles. The average Bonchev–Trinajstić information content (AvgIpc) is 2.47. The van der Waals surface area contributed by atoms with Crippen molar-refractivity contribution in [3.05, 3.63) is 23.8 Å². The predicted octanol–water partition coefficient (Wildman–Crippen LogP) is 2.17. The summed E-state index contributed by atoms with van der Waals surface area (Å²) < 4.78 is 0. The molecular formula is C15H21N3O. The van der Waals surface area contributed by atoms with Gasteiger partial charge in [-0.3, -0.25) is 4.79 Å². The van der Waals surface area contributed by atoms with E-state index in [4.69, 9.17) is 0 Å². The highest BCUT2D eigenvalue weighted by atomic mass is 16.2. The average molecular weight is 259 g/mol. The van der Waals surface area contributed by atoms with Crippen LogP contribution in [0.3, 0.4) is 0 Å². The van der Waals surface area contributed by atoms with Crippen molar-refractivity contribution < 1.29 is 4.79 Å². The van der Waals surface area contributed by atoms with Crippen LogP contribution in [0.25, 0.3) is 0 Å². The molecule has 3 rings (SSSR count). The number of nitrogens with one attached hydrogen (secondary N) is 1. The quantitative estimate of drug-likeness (QED) is 0.839. The van der Waals surface area contributed by atoms with Crippen LogP contribution in [0.1, 0.15) is 29.6 Å². The van der Waals surface area contributed by atoms with Gasteiger partial charge in [0.2, 0.25) is 0 Å². The summed E-state index contributed by atoms with van der Waals surface area (Å²) in [5, 5.41) is 3.38. The molecule has 0 bridgehead atoms. The second-order valence-corrected chi connectivity index (χ2v) is 5.43. The molecule has 1 aromatic carbocycles. The number of hydrogen-bond acceptors (Lipinski definition) is 3. The van der Waals surface area contributed by atoms with Gasteiger partial charge in [0.25, 0.3) is 5.91 Å². The number of hydrogen-bond donors (Lipinski definition) is 1. The molecule has 102 valence electrons. The maximum Gasteiger partial charge on any atom is 0.253 e. The molecule has 1 N–H and O–H groups in total. The van der Waals surface area contributed by atoms with E-state index in [1.165, 1.54) is 12.1 Å². The summed E-state index contributed by atoms with van der Waals surface area (Å²) in [6.07, 6.45) is 3.52. The Kier molecular flexibility index (Phi) is 3.32. The zero-order chi connectivity index (χ0) is 13.2. The number of carbonyl (C=O) groups excluding carboxylic acids is 1. The zero-order valence-electron chi connectivity index (χ0n) is 11.5. The number of carbonyl (C=O) groups is 1. The molecule has 4 heteroatoms. The van der Waals surface area contributed by atoms with Gasteiger partial charge in [-0.25, -0.2) is 0 Å². The molecule has 0 aromatic heterocycles. The van der Waals surface area contributed by atoms with Crippen LogP contribution in [0.2, 0.25) is 0 Å². The number of anilines is 2. The van der Waals surface area contributed by atoms with E-state index in [0.717, 1.165) is 50.3 Å². The summed E-state index contributed by atoms with van der Waals surface area (Å²) in [4.78, 5) is 16.7. The first-order chi connectivity index (χ1) is 9.25. The molecule has 1 saturated heterocycles. The monoisotopic (exact) mass is 259 g/mol. The first-order valence-corrected chi connectivity index (χ1v) is 7.14. The Morgan fingerprint density at radius 3 is 2.74 bits per heavy atom. The number of amides is 1. The van der Waals surface area contributed by atoms with Crippen molar-refractivity contribution in [2.45, 2.75) is 19.3 Å². The zero-order valence-corrected chi connectivity index (χ0v) is 11.5. The van der Waals surface area contributed by atoms with Gasteiger partial charge in [-0.05, 0) is 37.5 Å². The molecule has 0 spiro atoms. The number of nitrogens with zero attached hydrogens (tertiary/aromatic N) is 2. The third-order valence-corrected chi connectivity index (χ3v) is 4.06. The minimum atomic E-state index is 0.178. The summed E-state index contributed by atoms with van der Waals surface area (Å²) in [5.41, 5.74) is 3.07. The lowest BCUT2D eigenvalue weighted by Gasteiger charge is -2.30. The Morgan fingerprint density at radius 2 is 1.95 bits per heavy atom. The van der Waals surface area contributed by atoms with Crippen molar-refractivity contribution in [3.63, 3.8) is 0 Å². The smallest absolute Gasteiger partial charge is 0.253 e. The normalized spacial score (nSPS) is 18.8. The molecule has 2 aliphatic heterocycles. The Hall–Kier alpha value is -1.71. The van der Waals surface area contributed by atoms with Crippen LogP contribution in [0, 0.1) is 0 Å². The van der Waals surface area contributed by atoms with Gasteiger partial charge in [0.15, 0.2) is 0 Å². The fourth-order valence-electron chi connectivity index (χ4n) is 2.90. The molecule has 0 radical (unpaired) electrons. The summed E-state index contributed by atoms with van der Waals surface area (Å²) in [7, 11) is 2.09. The largest absolute Gasteiger partial charge is 0.382 e. The number of likely N-dealkylation sites (tertiary alicyclic amines) is 1. The fraction of sp³-hybridized carbons (Fsp3) is 0.533. The van der Waals surface area contributed by atoms with Crippen molar-refractivity contribution in [3.8, 4) is 0 Å². The van der Waals surface area contributed by atoms with Gasteiger partial charge in [0, 0.05) is 38.8 Å². The lowest BCUT2D eigenvalue weighted by atomic mass is 10.1. The van der Waals surface area contributed by atoms with Gasteiger partial charge in [0.1, 0.15) is 0 Å². The van der Waals surface area contributed by atoms with Crippen LogP contribution in [0.15, 0.2) is 18.2 Å². The summed E-state index contributed by atoms with van der Waals surface area (Å²) in [5.74, 6) is 0.178. The van der Waals surface area contributed by atoms with E-state index in [1.807, 2.05) is 17.0 Å². The Balaban J connectivity index is 1.83. The van der Waals surface area contributed by atoms with E-state index in [2.05, 4.69) is 23.3 Å². The summed E-state index contributed by atoms with van der Waals surface area (Å²) in [6.45, 7) is 3.75. The van der Waals surface area contributed by atoms with Gasteiger partial charge in [-0.15, -0.1) is 0 Å². The van der Waals surface area contributed by atoms with Crippen LogP contribution in [0.4, 0.5) is 11.4 Å². The van der Waals surface area contributed by atoms with Crippen molar-refractivity contribution in [1.29, 1.82) is 0 Å². The van der Waals surface area contributed by atoms with Gasteiger partial charge < -0.3 is 15.1 Å². The fourth-order valence-corrected chi connectivity index (χ4v) is 2.90. The van der Waals surface area contributed by atoms with E-state index in [1.54, 1.807) is 0 Å². The van der Waals surface area contributed by atoms with Crippen molar-refractivity contribution in [2.75, 3.05) is 43.4 Å². The maximum atomic E-state index is 12.5. The molecule has 1 fully saturated rings. The highest BCUT2D eigenvalue weighted by Crippen LogP contribution is 2.29. The molecule has 1 aromatic rings. The first kappa shape index (κ1) is 12.3. The number of benzene rings is 1. The molecule has 4 nitrogen and oxygen atoms in total. The van der Waals surface area contributed by atoms with Crippen molar-refractivity contribution in [2.24, 2.45) is 0 Å². The first-order valence-electron chi connectivity index (χ1n) is 7.14. The molecule has 0 aliphatic carbocycles. The van der Waals surface area contributed by atoms with Gasteiger partial charge in [0.05, 0.1) is 11.4 Å². The van der Waals surface area contributed by atoms with Crippen molar-refractivity contribution in [1.82, 2.24) is 4.90 Å². The highest BCUT2D eigenvalue weighted by molar-refractivity contribution is 5.96. The lowest BCUT2D eigenvalue weighted by Crippen LogP contribution is -2.36. The molecule has 0 atom stereocenters. The van der Waals surface area contributed by atoms with Crippen LogP contribution >= 0.6 is 0 Å². The van der Waals surface area contributed by atoms with Crippen LogP contribution in [0.5, 0.6) is 0 Å². The summed E-state index contributed by atoms with van der Waals surface area (Å²) in [6, 6.07) is 6.01. The van der Waals surface area contributed by atoms with E-state index in [-0.39, 0.29) is 5.91 Å². The van der Waals surface area contributed by atoms with E-state index < -0.39 is 0 Å². The van der Waals surface area contributed by atoms with Crippen LogP contribution in [-0.4, -0.2) is 44.0 Å². The molecule has 2 heterocycles. The van der Waals surface area contributed by atoms with Crippen molar-refractivity contribution >= 4 is 17.3 Å². The minimum absolute atomic E-state index is 0.178. The second kappa shape index (κ2) is 5.11. The predicted molar refractivity (Wildman–Crippen MR) is 78.0 cm³/mol. The molecule has 2 aliphatic rings. The standard InChI is InChI=1S/C15H21N3O/c1-17-10-7-16-13-11-12(5-6-14(13)17)15(19)18-8-3-2-4-9-18/h5-6,11,16H,2-4,7-10H2,1H3. The minimum Gasteiger partial charge on any atom is -0.382 e. The second-order valence-electron chi connectivity index (χ2n) is 5.43. The van der Waals surface area contributed by atoms with Gasteiger partial charge >= 0.3 is 0 Å². The molecular weight excluding hydrogens is 238 g/mol. The highest BCUT2D eigenvalue weighted by Gasteiger charge is 2.20. The Bertz CT molecular complexity index is 480. The lowest BCUT2D eigenvalue weighted by molar-refractivity contribution is 0.0724. The van der Waals surface area contributed by atoms with Gasteiger partial charge in [-0.2, -0.15) is 0 Å². The molecule has 19 heavy (non-hydrogen) atoms. The number of rotatable bonds is 1. The number of fused-ring (bicyclic) bond motifs is 1. The third kappa shape index (κ3) is 2.39.